The standard InChI is InChI=1S/C14H22N2O4S/c1-11-5-6-13(12(2)9-11)10-16(4)21(19,20)15(3)8-7-14(17)18/h5-6,9H,7-8,10H2,1-4H3,(H,17,18). The van der Waals surface area contributed by atoms with Gasteiger partial charge in [0.1, 0.15) is 0 Å². The second-order valence-corrected chi connectivity index (χ2v) is 7.30. The third-order valence-corrected chi connectivity index (χ3v) is 5.21. The summed E-state index contributed by atoms with van der Waals surface area (Å²) in [7, 11) is -0.779. The summed E-state index contributed by atoms with van der Waals surface area (Å²) in [4.78, 5) is 10.5. The van der Waals surface area contributed by atoms with Crippen molar-refractivity contribution in [2.24, 2.45) is 0 Å². The molecule has 0 heterocycles. The molecule has 0 aromatic heterocycles. The van der Waals surface area contributed by atoms with Crippen molar-refractivity contribution in [1.29, 1.82) is 0 Å². The van der Waals surface area contributed by atoms with E-state index < -0.39 is 16.2 Å². The number of carbonyl (C=O) groups is 1. The van der Waals surface area contributed by atoms with Crippen LogP contribution in [0.1, 0.15) is 23.1 Å². The topological polar surface area (TPSA) is 77.9 Å². The molecule has 6 nitrogen and oxygen atoms in total. The molecule has 0 unspecified atom stereocenters. The third kappa shape index (κ3) is 4.80. The van der Waals surface area contributed by atoms with E-state index in [1.165, 1.54) is 18.4 Å². The molecule has 0 aliphatic carbocycles. The van der Waals surface area contributed by atoms with Crippen molar-refractivity contribution in [3.63, 3.8) is 0 Å². The van der Waals surface area contributed by atoms with Gasteiger partial charge in [-0.15, -0.1) is 0 Å². The lowest BCUT2D eigenvalue weighted by molar-refractivity contribution is -0.137. The van der Waals surface area contributed by atoms with Crippen LogP contribution < -0.4 is 0 Å². The number of hydrogen-bond donors (Lipinski definition) is 1. The van der Waals surface area contributed by atoms with E-state index in [4.69, 9.17) is 5.11 Å². The molecule has 1 rings (SSSR count). The van der Waals surface area contributed by atoms with Gasteiger partial charge in [-0.25, -0.2) is 0 Å². The Bertz CT molecular complexity index is 613. The molecule has 0 saturated heterocycles. The Labute approximate surface area is 126 Å². The number of nitrogens with zero attached hydrogens (tertiary/aromatic N) is 2. The molecule has 21 heavy (non-hydrogen) atoms. The fourth-order valence-electron chi connectivity index (χ4n) is 1.95. The van der Waals surface area contributed by atoms with E-state index in [1.54, 1.807) is 0 Å². The fourth-order valence-corrected chi connectivity index (χ4v) is 3.05. The van der Waals surface area contributed by atoms with Crippen molar-refractivity contribution in [3.05, 3.63) is 34.9 Å². The summed E-state index contributed by atoms with van der Waals surface area (Å²) >= 11 is 0. The first-order valence-electron chi connectivity index (χ1n) is 6.60. The van der Waals surface area contributed by atoms with E-state index in [0.717, 1.165) is 21.0 Å². The van der Waals surface area contributed by atoms with Gasteiger partial charge in [0.2, 0.25) is 0 Å². The molecule has 1 aromatic carbocycles. The van der Waals surface area contributed by atoms with Crippen molar-refractivity contribution in [2.75, 3.05) is 20.6 Å². The van der Waals surface area contributed by atoms with Crippen molar-refractivity contribution in [2.45, 2.75) is 26.8 Å². The van der Waals surface area contributed by atoms with E-state index in [0.29, 0.717) is 0 Å². The highest BCUT2D eigenvalue weighted by Gasteiger charge is 2.24. The Kier molecular flexibility index (Phi) is 5.88. The lowest BCUT2D eigenvalue weighted by atomic mass is 10.1. The van der Waals surface area contributed by atoms with Gasteiger partial charge in [0, 0.05) is 27.2 Å². The Morgan fingerprint density at radius 1 is 1.19 bits per heavy atom. The summed E-state index contributed by atoms with van der Waals surface area (Å²) in [5.41, 5.74) is 3.09. The van der Waals surface area contributed by atoms with Gasteiger partial charge in [-0.3, -0.25) is 4.79 Å². The Balaban J connectivity index is 2.81. The zero-order valence-corrected chi connectivity index (χ0v) is 13.6. The van der Waals surface area contributed by atoms with E-state index in [-0.39, 0.29) is 19.5 Å². The minimum atomic E-state index is -3.66. The number of hydrogen-bond acceptors (Lipinski definition) is 3. The summed E-state index contributed by atoms with van der Waals surface area (Å²) in [5, 5.41) is 8.63. The molecule has 0 atom stereocenters. The SMILES string of the molecule is Cc1ccc(CN(C)S(=O)(=O)N(C)CCC(=O)O)c(C)c1. The lowest BCUT2D eigenvalue weighted by Crippen LogP contribution is -2.40. The zero-order valence-electron chi connectivity index (χ0n) is 12.8. The quantitative estimate of drug-likeness (QED) is 0.825. The minimum Gasteiger partial charge on any atom is -0.481 e. The van der Waals surface area contributed by atoms with Gasteiger partial charge < -0.3 is 5.11 Å². The molecule has 0 fully saturated rings. The van der Waals surface area contributed by atoms with Crippen molar-refractivity contribution < 1.29 is 18.3 Å². The average Bonchev–Trinajstić information content (AvgIpc) is 2.38. The minimum absolute atomic E-state index is 0.0467. The number of aliphatic carboxylic acids is 1. The highest BCUT2D eigenvalue weighted by Crippen LogP contribution is 2.15. The highest BCUT2D eigenvalue weighted by molar-refractivity contribution is 7.86. The summed E-state index contributed by atoms with van der Waals surface area (Å²) in [6.45, 7) is 4.13. The van der Waals surface area contributed by atoms with Crippen LogP contribution in [0, 0.1) is 13.8 Å². The summed E-state index contributed by atoms with van der Waals surface area (Å²) in [5.74, 6) is -1.02. The highest BCUT2D eigenvalue weighted by atomic mass is 32.2. The number of carboxylic acids is 1. The van der Waals surface area contributed by atoms with Crippen LogP contribution in [0.4, 0.5) is 0 Å². The number of benzene rings is 1. The van der Waals surface area contributed by atoms with E-state index in [2.05, 4.69) is 0 Å². The smallest absolute Gasteiger partial charge is 0.304 e. The first-order chi connectivity index (χ1) is 9.64. The predicted molar refractivity (Wildman–Crippen MR) is 81.2 cm³/mol. The number of rotatable bonds is 7. The van der Waals surface area contributed by atoms with Gasteiger partial charge in [-0.2, -0.15) is 17.0 Å². The Hall–Kier alpha value is -1.44. The van der Waals surface area contributed by atoms with Gasteiger partial charge in [-0.1, -0.05) is 23.8 Å². The summed E-state index contributed by atoms with van der Waals surface area (Å²) in [6.07, 6.45) is -0.215. The maximum absolute atomic E-state index is 12.3. The molecular formula is C14H22N2O4S. The van der Waals surface area contributed by atoms with Crippen LogP contribution in [-0.2, 0) is 21.5 Å². The average molecular weight is 314 g/mol. The number of carboxylic acid groups (broad SMARTS) is 1. The van der Waals surface area contributed by atoms with Gasteiger partial charge in [0.15, 0.2) is 0 Å². The largest absolute Gasteiger partial charge is 0.481 e. The molecule has 0 spiro atoms. The summed E-state index contributed by atoms with van der Waals surface area (Å²) < 4.78 is 26.9. The molecule has 1 aromatic rings. The zero-order chi connectivity index (χ0) is 16.2. The van der Waals surface area contributed by atoms with Gasteiger partial charge >= 0.3 is 5.97 Å². The van der Waals surface area contributed by atoms with Gasteiger partial charge in [-0.05, 0) is 25.0 Å². The first-order valence-corrected chi connectivity index (χ1v) is 8.00. The van der Waals surface area contributed by atoms with Gasteiger partial charge in [0.05, 0.1) is 6.42 Å². The van der Waals surface area contributed by atoms with Crippen LogP contribution >= 0.6 is 0 Å². The lowest BCUT2D eigenvalue weighted by Gasteiger charge is -2.24. The second-order valence-electron chi connectivity index (χ2n) is 5.16. The van der Waals surface area contributed by atoms with Crippen LogP contribution in [0.5, 0.6) is 0 Å². The van der Waals surface area contributed by atoms with Crippen molar-refractivity contribution >= 4 is 16.2 Å². The molecule has 0 radical (unpaired) electrons. The maximum atomic E-state index is 12.3. The third-order valence-electron chi connectivity index (χ3n) is 3.32. The second kappa shape index (κ2) is 7.02. The van der Waals surface area contributed by atoms with Crippen LogP contribution in [0.15, 0.2) is 18.2 Å². The van der Waals surface area contributed by atoms with E-state index >= 15 is 0 Å². The molecule has 118 valence electrons. The molecule has 1 N–H and O–H groups in total. The van der Waals surface area contributed by atoms with Crippen LogP contribution in [0.2, 0.25) is 0 Å². The fraction of sp³-hybridized carbons (Fsp3) is 0.500. The number of aryl methyl sites for hydroxylation is 2. The van der Waals surface area contributed by atoms with Crippen molar-refractivity contribution in [3.8, 4) is 0 Å². The molecule has 0 saturated carbocycles. The molecular weight excluding hydrogens is 292 g/mol. The van der Waals surface area contributed by atoms with Gasteiger partial charge in [0.25, 0.3) is 10.2 Å². The van der Waals surface area contributed by atoms with Crippen molar-refractivity contribution in [1.82, 2.24) is 8.61 Å². The van der Waals surface area contributed by atoms with Crippen LogP contribution in [-0.4, -0.2) is 48.7 Å². The van der Waals surface area contributed by atoms with E-state index in [9.17, 15) is 13.2 Å². The molecule has 0 aliphatic heterocycles. The first kappa shape index (κ1) is 17.6. The maximum Gasteiger partial charge on any atom is 0.304 e. The Morgan fingerprint density at radius 2 is 1.81 bits per heavy atom. The predicted octanol–water partition coefficient (Wildman–Crippen LogP) is 1.39. The van der Waals surface area contributed by atoms with E-state index in [1.807, 2.05) is 32.0 Å². The molecule has 0 aliphatic rings. The van der Waals surface area contributed by atoms with Crippen LogP contribution in [0.3, 0.4) is 0 Å². The van der Waals surface area contributed by atoms with Crippen LogP contribution in [0.25, 0.3) is 0 Å². The summed E-state index contributed by atoms with van der Waals surface area (Å²) in [6, 6.07) is 5.86. The molecule has 7 heteroatoms. The molecule has 0 amide bonds. The Morgan fingerprint density at radius 3 is 2.33 bits per heavy atom. The monoisotopic (exact) mass is 314 g/mol. The molecule has 0 bridgehead atoms. The normalized spacial score (nSPS) is 12.1.